The zero-order valence-electron chi connectivity index (χ0n) is 9.41. The number of carbonyl (C=O) groups is 2. The Kier molecular flexibility index (Phi) is 7.40. The molecule has 0 saturated heterocycles. The van der Waals surface area contributed by atoms with Gasteiger partial charge in [0.1, 0.15) is 0 Å². The summed E-state index contributed by atoms with van der Waals surface area (Å²) < 4.78 is 4.89. The van der Waals surface area contributed by atoms with Gasteiger partial charge < -0.3 is 21.1 Å². The number of thiocarbonyl (C=S) groups is 1. The molecular weight excluding hydrogens is 230 g/mol. The Bertz CT molecular complexity index is 271. The van der Waals surface area contributed by atoms with Gasteiger partial charge in [-0.3, -0.25) is 9.59 Å². The van der Waals surface area contributed by atoms with Gasteiger partial charge in [-0.25, -0.2) is 0 Å². The predicted octanol–water partition coefficient (Wildman–Crippen LogP) is -1.07. The van der Waals surface area contributed by atoms with E-state index in [1.807, 2.05) is 6.92 Å². The first-order valence-electron chi connectivity index (χ1n) is 4.87. The van der Waals surface area contributed by atoms with Crippen LogP contribution in [0.2, 0.25) is 0 Å². The lowest BCUT2D eigenvalue weighted by Gasteiger charge is -2.15. The first-order chi connectivity index (χ1) is 7.51. The number of nitrogens with two attached hydrogens (primary N) is 1. The van der Waals surface area contributed by atoms with Crippen LogP contribution in [0.5, 0.6) is 0 Å². The number of amides is 2. The third-order valence-electron chi connectivity index (χ3n) is 1.83. The fourth-order valence-corrected chi connectivity index (χ4v) is 1.03. The molecule has 7 heteroatoms. The minimum atomic E-state index is -0.748. The maximum Gasteiger partial charge on any atom is 0.309 e. The molecule has 0 heterocycles. The molecule has 6 nitrogen and oxygen atoms in total. The fourth-order valence-electron chi connectivity index (χ4n) is 0.961. The Morgan fingerprint density at radius 2 is 2.06 bits per heavy atom. The average Bonchev–Trinajstić information content (AvgIpc) is 2.24. The molecule has 4 N–H and O–H groups in total. The third-order valence-corrected chi connectivity index (χ3v) is 1.97. The summed E-state index contributed by atoms with van der Waals surface area (Å²) in [7, 11) is 1.53. The van der Waals surface area contributed by atoms with Crippen LogP contribution in [-0.4, -0.2) is 43.1 Å². The van der Waals surface area contributed by atoms with Crippen molar-refractivity contribution in [3.05, 3.63) is 0 Å². The smallest absolute Gasteiger partial charge is 0.309 e. The summed E-state index contributed by atoms with van der Waals surface area (Å²) in [5.74, 6) is -1.46. The van der Waals surface area contributed by atoms with Crippen LogP contribution in [0, 0.1) is 0 Å². The molecule has 0 fully saturated rings. The zero-order chi connectivity index (χ0) is 12.6. The van der Waals surface area contributed by atoms with Gasteiger partial charge in [-0.05, 0) is 6.42 Å². The molecule has 0 rings (SSSR count). The molecule has 0 aliphatic rings. The van der Waals surface area contributed by atoms with Crippen LogP contribution in [0.25, 0.3) is 0 Å². The van der Waals surface area contributed by atoms with Crippen molar-refractivity contribution in [3.63, 3.8) is 0 Å². The molecular formula is C9H17N3O3S. The second kappa shape index (κ2) is 8.00. The van der Waals surface area contributed by atoms with Crippen LogP contribution >= 0.6 is 12.2 Å². The van der Waals surface area contributed by atoms with Crippen molar-refractivity contribution in [2.45, 2.75) is 19.4 Å². The van der Waals surface area contributed by atoms with E-state index in [2.05, 4.69) is 22.9 Å². The van der Waals surface area contributed by atoms with Gasteiger partial charge in [-0.15, -0.1) is 0 Å². The average molecular weight is 247 g/mol. The SMILES string of the molecule is CCC(COC)NC(=O)C(=O)NCC(N)=S. The van der Waals surface area contributed by atoms with Crippen LogP contribution in [0.4, 0.5) is 0 Å². The van der Waals surface area contributed by atoms with Gasteiger partial charge >= 0.3 is 11.8 Å². The molecule has 0 spiro atoms. The van der Waals surface area contributed by atoms with E-state index < -0.39 is 11.8 Å². The van der Waals surface area contributed by atoms with Gasteiger partial charge in [0.15, 0.2) is 0 Å². The number of nitrogens with one attached hydrogen (secondary N) is 2. The van der Waals surface area contributed by atoms with E-state index in [0.29, 0.717) is 13.0 Å². The molecule has 1 atom stereocenters. The summed E-state index contributed by atoms with van der Waals surface area (Å²) in [6.07, 6.45) is 0.683. The molecule has 16 heavy (non-hydrogen) atoms. The fraction of sp³-hybridized carbons (Fsp3) is 0.667. The molecule has 0 aromatic heterocycles. The lowest BCUT2D eigenvalue weighted by atomic mass is 10.2. The Labute approximate surface area is 99.9 Å². The lowest BCUT2D eigenvalue weighted by Crippen LogP contribution is -2.47. The molecule has 0 aromatic carbocycles. The number of ether oxygens (including phenoxy) is 1. The largest absolute Gasteiger partial charge is 0.392 e. The van der Waals surface area contributed by atoms with E-state index in [1.54, 1.807) is 0 Å². The van der Waals surface area contributed by atoms with Crippen molar-refractivity contribution in [3.8, 4) is 0 Å². The highest BCUT2D eigenvalue weighted by Gasteiger charge is 2.16. The van der Waals surface area contributed by atoms with E-state index in [9.17, 15) is 9.59 Å². The van der Waals surface area contributed by atoms with Crippen LogP contribution < -0.4 is 16.4 Å². The second-order valence-electron chi connectivity index (χ2n) is 3.18. The first kappa shape index (κ1) is 14.8. The van der Waals surface area contributed by atoms with E-state index >= 15 is 0 Å². The Hall–Kier alpha value is -1.21. The number of rotatable bonds is 6. The Morgan fingerprint density at radius 1 is 1.44 bits per heavy atom. The van der Waals surface area contributed by atoms with Gasteiger partial charge in [-0.1, -0.05) is 19.1 Å². The molecule has 0 aliphatic heterocycles. The number of carbonyl (C=O) groups excluding carboxylic acids is 2. The Morgan fingerprint density at radius 3 is 2.50 bits per heavy atom. The van der Waals surface area contributed by atoms with E-state index in [1.165, 1.54) is 7.11 Å². The van der Waals surface area contributed by atoms with Crippen LogP contribution in [-0.2, 0) is 14.3 Å². The van der Waals surface area contributed by atoms with Crippen LogP contribution in [0.15, 0.2) is 0 Å². The monoisotopic (exact) mass is 247 g/mol. The summed E-state index contributed by atoms with van der Waals surface area (Å²) in [6, 6.07) is -0.173. The first-order valence-corrected chi connectivity index (χ1v) is 5.28. The number of hydrogen-bond acceptors (Lipinski definition) is 4. The van der Waals surface area contributed by atoms with Crippen molar-refractivity contribution < 1.29 is 14.3 Å². The maximum absolute atomic E-state index is 11.3. The molecule has 0 radical (unpaired) electrons. The van der Waals surface area contributed by atoms with Gasteiger partial charge in [0.25, 0.3) is 0 Å². The van der Waals surface area contributed by atoms with E-state index in [0.717, 1.165) is 0 Å². The predicted molar refractivity (Wildman–Crippen MR) is 63.9 cm³/mol. The van der Waals surface area contributed by atoms with Gasteiger partial charge in [0.2, 0.25) is 0 Å². The standard InChI is InChI=1S/C9H17N3O3S/c1-3-6(5-15-2)12-9(14)8(13)11-4-7(10)16/h6H,3-5H2,1-2H3,(H2,10,16)(H,11,13)(H,12,14). The molecule has 92 valence electrons. The normalized spacial score (nSPS) is 11.6. The molecule has 0 saturated carbocycles. The minimum absolute atomic E-state index is 0.0165. The van der Waals surface area contributed by atoms with E-state index in [-0.39, 0.29) is 17.6 Å². The topological polar surface area (TPSA) is 93.4 Å². The minimum Gasteiger partial charge on any atom is -0.392 e. The molecule has 2 amide bonds. The zero-order valence-corrected chi connectivity index (χ0v) is 10.2. The maximum atomic E-state index is 11.3. The molecule has 0 aromatic rings. The lowest BCUT2D eigenvalue weighted by molar-refractivity contribution is -0.139. The molecule has 0 aliphatic carbocycles. The van der Waals surface area contributed by atoms with Crippen molar-refractivity contribution in [1.82, 2.24) is 10.6 Å². The van der Waals surface area contributed by atoms with Crippen LogP contribution in [0.1, 0.15) is 13.3 Å². The van der Waals surface area contributed by atoms with Crippen LogP contribution in [0.3, 0.4) is 0 Å². The summed E-state index contributed by atoms with van der Waals surface area (Å²) in [4.78, 5) is 22.7. The van der Waals surface area contributed by atoms with Gasteiger partial charge in [0.05, 0.1) is 24.2 Å². The van der Waals surface area contributed by atoms with E-state index in [4.69, 9.17) is 10.5 Å². The highest BCUT2D eigenvalue weighted by Crippen LogP contribution is 1.90. The quantitative estimate of drug-likeness (QED) is 0.410. The summed E-state index contributed by atoms with van der Waals surface area (Å²) in [6.45, 7) is 2.27. The van der Waals surface area contributed by atoms with Gasteiger partial charge in [-0.2, -0.15) is 0 Å². The Balaban J connectivity index is 4.02. The van der Waals surface area contributed by atoms with Crippen molar-refractivity contribution in [2.24, 2.45) is 5.73 Å². The van der Waals surface area contributed by atoms with Gasteiger partial charge in [0, 0.05) is 7.11 Å². The molecule has 1 unspecified atom stereocenters. The summed E-state index contributed by atoms with van der Waals surface area (Å²) in [5.41, 5.74) is 5.18. The van der Waals surface area contributed by atoms with Crippen molar-refractivity contribution >= 4 is 29.0 Å². The highest BCUT2D eigenvalue weighted by atomic mass is 32.1. The number of hydrogen-bond donors (Lipinski definition) is 3. The second-order valence-corrected chi connectivity index (χ2v) is 3.71. The number of methoxy groups -OCH3 is 1. The van der Waals surface area contributed by atoms with Crippen molar-refractivity contribution in [1.29, 1.82) is 0 Å². The molecule has 0 bridgehead atoms. The third kappa shape index (κ3) is 6.31. The highest BCUT2D eigenvalue weighted by molar-refractivity contribution is 7.80. The van der Waals surface area contributed by atoms with Crippen molar-refractivity contribution in [2.75, 3.05) is 20.3 Å². The summed E-state index contributed by atoms with van der Waals surface area (Å²) in [5, 5.41) is 4.83. The summed E-state index contributed by atoms with van der Waals surface area (Å²) >= 11 is 4.56.